The van der Waals surface area contributed by atoms with Crippen molar-refractivity contribution < 1.29 is 13.5 Å². The van der Waals surface area contributed by atoms with Gasteiger partial charge in [-0.15, -0.1) is 0 Å². The van der Waals surface area contributed by atoms with Crippen LogP contribution >= 0.6 is 11.8 Å². The van der Waals surface area contributed by atoms with Gasteiger partial charge in [-0.25, -0.2) is 0 Å². The molecular formula is C11H24N2O3S2. The highest BCUT2D eigenvalue weighted by atomic mass is 32.2. The van der Waals surface area contributed by atoms with Crippen LogP contribution in [0, 0.1) is 5.92 Å². The Hall–Kier alpha value is 0.180. The molecule has 0 bridgehead atoms. The topological polar surface area (TPSA) is 69.6 Å². The van der Waals surface area contributed by atoms with Gasteiger partial charge < -0.3 is 5.11 Å². The van der Waals surface area contributed by atoms with E-state index in [1.165, 1.54) is 16.1 Å². The van der Waals surface area contributed by atoms with Crippen LogP contribution in [0.25, 0.3) is 0 Å². The van der Waals surface area contributed by atoms with Crippen LogP contribution in [0.3, 0.4) is 0 Å². The number of piperidine rings is 1. The molecule has 1 saturated heterocycles. The predicted octanol–water partition coefficient (Wildman–Crippen LogP) is 0.665. The summed E-state index contributed by atoms with van der Waals surface area (Å²) in [6.45, 7) is 5.09. The van der Waals surface area contributed by atoms with Gasteiger partial charge in [0.15, 0.2) is 0 Å². The van der Waals surface area contributed by atoms with Crippen molar-refractivity contribution in [2.24, 2.45) is 5.92 Å². The molecule has 108 valence electrons. The van der Waals surface area contributed by atoms with Crippen LogP contribution in [0.15, 0.2) is 0 Å². The van der Waals surface area contributed by atoms with Crippen molar-refractivity contribution in [2.75, 3.05) is 26.0 Å². The van der Waals surface area contributed by atoms with E-state index in [-0.39, 0.29) is 17.9 Å². The summed E-state index contributed by atoms with van der Waals surface area (Å²) in [5.74, 6) is 0.602. The molecule has 1 aliphatic heterocycles. The monoisotopic (exact) mass is 296 g/mol. The molecule has 1 aliphatic rings. The van der Waals surface area contributed by atoms with E-state index in [1.807, 2.05) is 6.26 Å². The Morgan fingerprint density at radius 2 is 2.00 bits per heavy atom. The second-order valence-corrected chi connectivity index (χ2v) is 7.73. The van der Waals surface area contributed by atoms with Crippen LogP contribution < -0.4 is 4.72 Å². The van der Waals surface area contributed by atoms with E-state index in [0.29, 0.717) is 19.0 Å². The van der Waals surface area contributed by atoms with Crippen molar-refractivity contribution >= 4 is 22.0 Å². The lowest BCUT2D eigenvalue weighted by Gasteiger charge is -2.31. The third-order valence-corrected chi connectivity index (χ3v) is 6.34. The molecule has 0 spiro atoms. The Bertz CT molecular complexity index is 336. The van der Waals surface area contributed by atoms with E-state index < -0.39 is 10.2 Å². The van der Waals surface area contributed by atoms with Gasteiger partial charge in [0, 0.05) is 24.4 Å². The molecule has 2 unspecified atom stereocenters. The first-order valence-electron chi connectivity index (χ1n) is 6.31. The Morgan fingerprint density at radius 1 is 1.44 bits per heavy atom. The minimum absolute atomic E-state index is 0.0259. The van der Waals surface area contributed by atoms with Crippen LogP contribution in [0.1, 0.15) is 26.7 Å². The Balaban J connectivity index is 2.58. The second-order valence-electron chi connectivity index (χ2n) is 4.95. The smallest absolute Gasteiger partial charge is 0.279 e. The van der Waals surface area contributed by atoms with Gasteiger partial charge in [-0.05, 0) is 31.9 Å². The van der Waals surface area contributed by atoms with Crippen molar-refractivity contribution in [1.82, 2.24) is 9.03 Å². The molecule has 0 aromatic rings. The highest BCUT2D eigenvalue weighted by Crippen LogP contribution is 2.19. The third kappa shape index (κ3) is 4.38. The maximum absolute atomic E-state index is 12.2. The summed E-state index contributed by atoms with van der Waals surface area (Å²) in [7, 11) is -3.41. The quantitative estimate of drug-likeness (QED) is 0.756. The fourth-order valence-electron chi connectivity index (χ4n) is 2.05. The van der Waals surface area contributed by atoms with Crippen LogP contribution in [0.4, 0.5) is 0 Å². The Morgan fingerprint density at radius 3 is 2.44 bits per heavy atom. The SMILES string of the molecule is CSC(CO)C(C)NS(=O)(=O)N1CCC(C)CC1. The van der Waals surface area contributed by atoms with Crippen molar-refractivity contribution in [2.45, 2.75) is 38.0 Å². The summed E-state index contributed by atoms with van der Waals surface area (Å²) in [6.07, 6.45) is 3.71. The summed E-state index contributed by atoms with van der Waals surface area (Å²) in [5.41, 5.74) is 0. The van der Waals surface area contributed by atoms with Gasteiger partial charge >= 0.3 is 0 Å². The van der Waals surface area contributed by atoms with Crippen molar-refractivity contribution in [3.05, 3.63) is 0 Å². The maximum atomic E-state index is 12.2. The van der Waals surface area contributed by atoms with E-state index >= 15 is 0 Å². The highest BCUT2D eigenvalue weighted by Gasteiger charge is 2.29. The molecule has 0 radical (unpaired) electrons. The van der Waals surface area contributed by atoms with Crippen molar-refractivity contribution in [1.29, 1.82) is 0 Å². The van der Waals surface area contributed by atoms with Gasteiger partial charge in [-0.2, -0.15) is 29.2 Å². The van der Waals surface area contributed by atoms with E-state index in [9.17, 15) is 8.42 Å². The van der Waals surface area contributed by atoms with Gasteiger partial charge in [-0.3, -0.25) is 0 Å². The molecule has 1 heterocycles. The van der Waals surface area contributed by atoms with Gasteiger partial charge in [0.25, 0.3) is 10.2 Å². The standard InChI is InChI=1S/C11H24N2O3S2/c1-9-4-6-13(7-5-9)18(15,16)12-10(2)11(8-14)17-3/h9-12,14H,4-8H2,1-3H3. The predicted molar refractivity (Wildman–Crippen MR) is 75.9 cm³/mol. The summed E-state index contributed by atoms with van der Waals surface area (Å²) in [6, 6.07) is -0.269. The number of thioether (sulfide) groups is 1. The van der Waals surface area contributed by atoms with Gasteiger partial charge in [-0.1, -0.05) is 6.92 Å². The average molecular weight is 296 g/mol. The van der Waals surface area contributed by atoms with E-state index in [4.69, 9.17) is 5.11 Å². The summed E-state index contributed by atoms with van der Waals surface area (Å²) >= 11 is 1.47. The third-order valence-electron chi connectivity index (χ3n) is 3.46. The molecule has 1 fully saturated rings. The number of nitrogens with one attached hydrogen (secondary N) is 1. The minimum Gasteiger partial charge on any atom is -0.395 e. The largest absolute Gasteiger partial charge is 0.395 e. The molecule has 0 amide bonds. The fourth-order valence-corrected chi connectivity index (χ4v) is 4.23. The molecule has 7 heteroatoms. The average Bonchev–Trinajstić information content (AvgIpc) is 2.30. The number of aliphatic hydroxyl groups excluding tert-OH is 1. The van der Waals surface area contributed by atoms with E-state index in [2.05, 4.69) is 11.6 Å². The van der Waals surface area contributed by atoms with Gasteiger partial charge in [0.2, 0.25) is 0 Å². The molecule has 18 heavy (non-hydrogen) atoms. The molecule has 0 aromatic carbocycles. The molecule has 2 N–H and O–H groups in total. The Labute approximate surface area is 115 Å². The van der Waals surface area contributed by atoms with Crippen LogP contribution in [0.2, 0.25) is 0 Å². The molecule has 0 aliphatic carbocycles. The molecule has 5 nitrogen and oxygen atoms in total. The lowest BCUT2D eigenvalue weighted by Crippen LogP contribution is -2.50. The zero-order chi connectivity index (χ0) is 13.8. The first kappa shape index (κ1) is 16.2. The van der Waals surface area contributed by atoms with E-state index in [1.54, 1.807) is 6.92 Å². The normalized spacial score (nSPS) is 22.9. The van der Waals surface area contributed by atoms with E-state index in [0.717, 1.165) is 12.8 Å². The number of hydrogen-bond acceptors (Lipinski definition) is 4. The van der Waals surface area contributed by atoms with Gasteiger partial charge in [0.05, 0.1) is 6.61 Å². The zero-order valence-corrected chi connectivity index (χ0v) is 12.9. The summed E-state index contributed by atoms with van der Waals surface area (Å²) in [4.78, 5) is 0. The van der Waals surface area contributed by atoms with Crippen molar-refractivity contribution in [3.63, 3.8) is 0 Å². The second kappa shape index (κ2) is 7.09. The molecule has 2 atom stereocenters. The molecular weight excluding hydrogens is 272 g/mol. The number of hydrogen-bond donors (Lipinski definition) is 2. The minimum atomic E-state index is -3.41. The van der Waals surface area contributed by atoms with Crippen LogP contribution in [-0.2, 0) is 10.2 Å². The van der Waals surface area contributed by atoms with Crippen LogP contribution in [0.5, 0.6) is 0 Å². The fraction of sp³-hybridized carbons (Fsp3) is 1.00. The number of nitrogens with zero attached hydrogens (tertiary/aromatic N) is 1. The first-order chi connectivity index (χ1) is 8.40. The number of aliphatic hydroxyl groups is 1. The summed E-state index contributed by atoms with van der Waals surface area (Å²) < 4.78 is 28.5. The number of rotatable bonds is 6. The summed E-state index contributed by atoms with van der Waals surface area (Å²) in [5, 5.41) is 9.06. The molecule has 0 aromatic heterocycles. The molecule has 0 saturated carbocycles. The van der Waals surface area contributed by atoms with Crippen molar-refractivity contribution in [3.8, 4) is 0 Å². The Kier molecular flexibility index (Phi) is 6.40. The zero-order valence-electron chi connectivity index (χ0n) is 11.3. The van der Waals surface area contributed by atoms with Gasteiger partial charge in [0.1, 0.15) is 0 Å². The lowest BCUT2D eigenvalue weighted by atomic mass is 10.0. The molecule has 1 rings (SSSR count). The highest BCUT2D eigenvalue weighted by molar-refractivity contribution is 7.99. The van der Waals surface area contributed by atoms with Crippen LogP contribution in [-0.4, -0.2) is 55.1 Å². The maximum Gasteiger partial charge on any atom is 0.279 e. The lowest BCUT2D eigenvalue weighted by molar-refractivity contribution is 0.272. The first-order valence-corrected chi connectivity index (χ1v) is 9.04.